The molecule has 1 aliphatic rings. The van der Waals surface area contributed by atoms with Gasteiger partial charge in [-0.15, -0.1) is 0 Å². The van der Waals surface area contributed by atoms with Crippen LogP contribution in [-0.2, 0) is 10.0 Å². The quantitative estimate of drug-likeness (QED) is 0.836. The van der Waals surface area contributed by atoms with Gasteiger partial charge in [0.25, 0.3) is 0 Å². The van der Waals surface area contributed by atoms with Crippen molar-refractivity contribution in [1.82, 2.24) is 19.3 Å². The fourth-order valence-electron chi connectivity index (χ4n) is 2.78. The summed E-state index contributed by atoms with van der Waals surface area (Å²) in [4.78, 5) is 12.6. The molecular weight excluding hydrogens is 328 g/mol. The molecule has 0 radical (unpaired) electrons. The molecule has 0 aliphatic carbocycles. The third kappa shape index (κ3) is 3.70. The minimum absolute atomic E-state index is 0.208. The maximum absolute atomic E-state index is 12.7. The van der Waals surface area contributed by atoms with Crippen LogP contribution in [0.4, 0.5) is 0 Å². The molecule has 0 aromatic carbocycles. The number of hydrogen-bond donors (Lipinski definition) is 0. The van der Waals surface area contributed by atoms with Gasteiger partial charge in [-0.3, -0.25) is 4.98 Å². The Bertz CT molecular complexity index is 791. The highest BCUT2D eigenvalue weighted by Gasteiger charge is 2.31. The highest BCUT2D eigenvalue weighted by Crippen LogP contribution is 2.22. The predicted octanol–water partition coefficient (Wildman–Crippen LogP) is 1.72. The lowest BCUT2D eigenvalue weighted by atomic mass is 10.1. The van der Waals surface area contributed by atoms with Crippen molar-refractivity contribution in [3.8, 4) is 5.88 Å². The van der Waals surface area contributed by atoms with Crippen LogP contribution in [0.5, 0.6) is 5.88 Å². The smallest absolute Gasteiger partial charge is 0.244 e. The Morgan fingerprint density at radius 3 is 2.83 bits per heavy atom. The third-order valence-electron chi connectivity index (χ3n) is 3.84. The lowest BCUT2D eigenvalue weighted by Gasteiger charge is -2.31. The maximum Gasteiger partial charge on any atom is 0.244 e. The summed E-state index contributed by atoms with van der Waals surface area (Å²) in [5, 5.41) is 0. The van der Waals surface area contributed by atoms with E-state index in [0.717, 1.165) is 18.5 Å². The summed E-state index contributed by atoms with van der Waals surface area (Å²) >= 11 is 0. The van der Waals surface area contributed by atoms with E-state index in [4.69, 9.17) is 4.74 Å². The van der Waals surface area contributed by atoms with Crippen molar-refractivity contribution in [3.05, 3.63) is 42.1 Å². The van der Waals surface area contributed by atoms with Gasteiger partial charge in [-0.2, -0.15) is 9.29 Å². The Balaban J connectivity index is 1.75. The summed E-state index contributed by atoms with van der Waals surface area (Å²) in [6, 6.07) is 4.95. The van der Waals surface area contributed by atoms with E-state index in [1.54, 1.807) is 31.3 Å². The monoisotopic (exact) mass is 348 g/mol. The van der Waals surface area contributed by atoms with Gasteiger partial charge in [0.1, 0.15) is 16.8 Å². The van der Waals surface area contributed by atoms with Crippen LogP contribution >= 0.6 is 0 Å². The fourth-order valence-corrected chi connectivity index (χ4v) is 4.26. The molecule has 0 saturated carbocycles. The summed E-state index contributed by atoms with van der Waals surface area (Å²) in [6.07, 6.45) is 4.24. The zero-order chi connectivity index (χ0) is 17.2. The standard InChI is InChI=1S/C16H20N4O3S/c1-12-9-16(19-13(2)18-12)23-14-5-4-8-20(11-14)24(21,22)15-6-3-7-17-10-15/h3,6-7,9-10,14H,4-5,8,11H2,1-2H3/t14-/m1/s1. The van der Waals surface area contributed by atoms with E-state index < -0.39 is 10.0 Å². The first-order chi connectivity index (χ1) is 11.4. The third-order valence-corrected chi connectivity index (χ3v) is 5.69. The van der Waals surface area contributed by atoms with Crippen molar-refractivity contribution in [2.45, 2.75) is 37.7 Å². The largest absolute Gasteiger partial charge is 0.473 e. The van der Waals surface area contributed by atoms with Crippen LogP contribution in [0.1, 0.15) is 24.4 Å². The van der Waals surface area contributed by atoms with Gasteiger partial charge in [0.15, 0.2) is 0 Å². The maximum atomic E-state index is 12.7. The van der Waals surface area contributed by atoms with Crippen LogP contribution < -0.4 is 4.74 Å². The molecule has 1 saturated heterocycles. The molecule has 7 nitrogen and oxygen atoms in total. The van der Waals surface area contributed by atoms with Gasteiger partial charge in [0.05, 0.1) is 6.54 Å². The van der Waals surface area contributed by atoms with Crippen molar-refractivity contribution in [1.29, 1.82) is 0 Å². The zero-order valence-electron chi connectivity index (χ0n) is 13.7. The molecule has 3 rings (SSSR count). The normalized spacial score (nSPS) is 19.2. The second-order valence-electron chi connectivity index (χ2n) is 5.83. The van der Waals surface area contributed by atoms with Crippen LogP contribution in [0.3, 0.4) is 0 Å². The van der Waals surface area contributed by atoms with Crippen LogP contribution in [0.25, 0.3) is 0 Å². The van der Waals surface area contributed by atoms with Gasteiger partial charge in [0.2, 0.25) is 15.9 Å². The first-order valence-electron chi connectivity index (χ1n) is 7.84. The Morgan fingerprint density at radius 2 is 2.12 bits per heavy atom. The Hall–Kier alpha value is -2.06. The number of nitrogens with zero attached hydrogens (tertiary/aromatic N) is 4. The van der Waals surface area contributed by atoms with Crippen molar-refractivity contribution in [2.75, 3.05) is 13.1 Å². The lowest BCUT2D eigenvalue weighted by molar-refractivity contribution is 0.124. The number of aromatic nitrogens is 3. The molecule has 1 aliphatic heterocycles. The van der Waals surface area contributed by atoms with Crippen LogP contribution in [0.15, 0.2) is 35.5 Å². The molecule has 24 heavy (non-hydrogen) atoms. The molecule has 8 heteroatoms. The first-order valence-corrected chi connectivity index (χ1v) is 9.28. The van der Waals surface area contributed by atoms with E-state index >= 15 is 0 Å². The SMILES string of the molecule is Cc1cc(O[C@@H]2CCCN(S(=O)(=O)c3cccnc3)C2)nc(C)n1. The van der Waals surface area contributed by atoms with Crippen molar-refractivity contribution < 1.29 is 13.2 Å². The lowest BCUT2D eigenvalue weighted by Crippen LogP contribution is -2.44. The summed E-state index contributed by atoms with van der Waals surface area (Å²) in [7, 11) is -3.55. The highest BCUT2D eigenvalue weighted by molar-refractivity contribution is 7.89. The molecular formula is C16H20N4O3S. The van der Waals surface area contributed by atoms with E-state index in [2.05, 4.69) is 15.0 Å². The van der Waals surface area contributed by atoms with Crippen molar-refractivity contribution in [3.63, 3.8) is 0 Å². The van der Waals surface area contributed by atoms with Crippen LogP contribution in [0.2, 0.25) is 0 Å². The second kappa shape index (κ2) is 6.82. The number of sulfonamides is 1. The topological polar surface area (TPSA) is 85.3 Å². The second-order valence-corrected chi connectivity index (χ2v) is 7.77. The number of rotatable bonds is 4. The van der Waals surface area contributed by atoms with Gasteiger partial charge >= 0.3 is 0 Å². The van der Waals surface area contributed by atoms with Gasteiger partial charge in [-0.25, -0.2) is 13.4 Å². The molecule has 0 N–H and O–H groups in total. The minimum Gasteiger partial charge on any atom is -0.473 e. The fraction of sp³-hybridized carbons (Fsp3) is 0.438. The number of hydrogen-bond acceptors (Lipinski definition) is 6. The summed E-state index contributed by atoms with van der Waals surface area (Å²) in [5.41, 5.74) is 0.827. The van der Waals surface area contributed by atoms with E-state index in [1.165, 1.54) is 10.5 Å². The predicted molar refractivity (Wildman–Crippen MR) is 88.2 cm³/mol. The van der Waals surface area contributed by atoms with Gasteiger partial charge < -0.3 is 4.74 Å². The van der Waals surface area contributed by atoms with Crippen LogP contribution in [0, 0.1) is 13.8 Å². The summed E-state index contributed by atoms with van der Waals surface area (Å²) < 4.78 is 32.8. The number of piperidine rings is 1. The van der Waals surface area contributed by atoms with E-state index in [0.29, 0.717) is 24.8 Å². The minimum atomic E-state index is -3.55. The number of ether oxygens (including phenoxy) is 1. The average molecular weight is 348 g/mol. The Morgan fingerprint density at radius 1 is 1.29 bits per heavy atom. The van der Waals surface area contributed by atoms with Crippen molar-refractivity contribution in [2.24, 2.45) is 0 Å². The first kappa shape index (κ1) is 16.8. The van der Waals surface area contributed by atoms with E-state index in [1.807, 2.05) is 6.92 Å². The van der Waals surface area contributed by atoms with Gasteiger partial charge in [0, 0.05) is 30.7 Å². The Labute approximate surface area is 141 Å². The molecule has 2 aromatic rings. The average Bonchev–Trinajstić information content (AvgIpc) is 2.55. The molecule has 1 fully saturated rings. The molecule has 0 amide bonds. The van der Waals surface area contributed by atoms with Gasteiger partial charge in [-0.05, 0) is 38.8 Å². The van der Waals surface area contributed by atoms with Crippen LogP contribution in [-0.4, -0.2) is 46.9 Å². The molecule has 0 bridgehead atoms. The summed E-state index contributed by atoms with van der Waals surface area (Å²) in [5.74, 6) is 1.13. The molecule has 128 valence electrons. The summed E-state index contributed by atoms with van der Waals surface area (Å²) in [6.45, 7) is 4.47. The zero-order valence-corrected chi connectivity index (χ0v) is 14.5. The van der Waals surface area contributed by atoms with E-state index in [-0.39, 0.29) is 11.0 Å². The molecule has 1 atom stereocenters. The number of pyridine rings is 1. The van der Waals surface area contributed by atoms with Gasteiger partial charge in [-0.1, -0.05) is 0 Å². The van der Waals surface area contributed by atoms with Crippen molar-refractivity contribution >= 4 is 10.0 Å². The molecule has 0 spiro atoms. The molecule has 0 unspecified atom stereocenters. The molecule has 2 aromatic heterocycles. The highest BCUT2D eigenvalue weighted by atomic mass is 32.2. The Kier molecular flexibility index (Phi) is 4.77. The number of aryl methyl sites for hydroxylation is 2. The molecule has 3 heterocycles. The van der Waals surface area contributed by atoms with E-state index in [9.17, 15) is 8.42 Å².